The second-order valence-electron chi connectivity index (χ2n) is 4.84. The molecule has 18 heavy (non-hydrogen) atoms. The van der Waals surface area contributed by atoms with Crippen LogP contribution in [0.4, 0.5) is 0 Å². The smallest absolute Gasteiger partial charge is 0.123 e. The van der Waals surface area contributed by atoms with E-state index in [1.54, 1.807) is 0 Å². The minimum absolute atomic E-state index is 0.828. The molecular formula is C15H24N2O. The molecule has 0 aromatic heterocycles. The quantitative estimate of drug-likeness (QED) is 0.782. The summed E-state index contributed by atoms with van der Waals surface area (Å²) in [5.74, 6) is 1.06. The molecular weight excluding hydrogens is 224 g/mol. The van der Waals surface area contributed by atoms with Gasteiger partial charge in [0.15, 0.2) is 0 Å². The zero-order chi connectivity index (χ0) is 12.6. The highest BCUT2D eigenvalue weighted by molar-refractivity contribution is 5.33. The fourth-order valence-electron chi connectivity index (χ4n) is 2.21. The van der Waals surface area contributed by atoms with Gasteiger partial charge in [0.05, 0.1) is 6.61 Å². The molecule has 1 aromatic rings. The van der Waals surface area contributed by atoms with Gasteiger partial charge in [0.25, 0.3) is 0 Å². The second kappa shape index (κ2) is 7.39. The minimum atomic E-state index is 0.828. The zero-order valence-electron chi connectivity index (χ0n) is 11.3. The van der Waals surface area contributed by atoms with Crippen LogP contribution in [0.1, 0.15) is 25.3 Å². The molecule has 0 atom stereocenters. The van der Waals surface area contributed by atoms with Gasteiger partial charge in [0.1, 0.15) is 5.75 Å². The molecule has 1 aromatic carbocycles. The summed E-state index contributed by atoms with van der Waals surface area (Å²) in [5, 5.41) is 3.38. The Morgan fingerprint density at radius 2 is 2.00 bits per heavy atom. The topological polar surface area (TPSA) is 24.5 Å². The van der Waals surface area contributed by atoms with Crippen molar-refractivity contribution in [3.63, 3.8) is 0 Å². The normalized spacial score (nSPS) is 16.7. The Kier molecular flexibility index (Phi) is 5.49. The lowest BCUT2D eigenvalue weighted by Crippen LogP contribution is -2.42. The van der Waals surface area contributed by atoms with Crippen molar-refractivity contribution in [2.24, 2.45) is 0 Å². The SMILES string of the molecule is CCCCOc1ccccc1CN1CCNCC1. The lowest BCUT2D eigenvalue weighted by molar-refractivity contribution is 0.227. The molecule has 1 aliphatic rings. The first-order valence-electron chi connectivity index (χ1n) is 7.04. The predicted molar refractivity (Wildman–Crippen MR) is 75.0 cm³/mol. The fourth-order valence-corrected chi connectivity index (χ4v) is 2.21. The Morgan fingerprint density at radius 1 is 1.22 bits per heavy atom. The Bertz CT molecular complexity index is 348. The molecule has 1 fully saturated rings. The van der Waals surface area contributed by atoms with Crippen molar-refractivity contribution in [3.8, 4) is 5.75 Å². The van der Waals surface area contributed by atoms with E-state index in [2.05, 4.69) is 41.4 Å². The van der Waals surface area contributed by atoms with E-state index in [0.717, 1.165) is 51.5 Å². The fraction of sp³-hybridized carbons (Fsp3) is 0.600. The lowest BCUT2D eigenvalue weighted by atomic mass is 10.1. The third-order valence-electron chi connectivity index (χ3n) is 3.33. The first kappa shape index (κ1) is 13.4. The Hall–Kier alpha value is -1.06. The van der Waals surface area contributed by atoms with Gasteiger partial charge >= 0.3 is 0 Å². The number of ether oxygens (including phenoxy) is 1. The Morgan fingerprint density at radius 3 is 2.78 bits per heavy atom. The number of hydrogen-bond donors (Lipinski definition) is 1. The van der Waals surface area contributed by atoms with E-state index in [1.165, 1.54) is 12.0 Å². The molecule has 0 unspecified atom stereocenters. The van der Waals surface area contributed by atoms with Crippen molar-refractivity contribution in [2.75, 3.05) is 32.8 Å². The molecule has 0 aliphatic carbocycles. The first-order chi connectivity index (χ1) is 8.90. The summed E-state index contributed by atoms with van der Waals surface area (Å²) in [6, 6.07) is 8.43. The predicted octanol–water partition coefficient (Wildman–Crippen LogP) is 2.27. The van der Waals surface area contributed by atoms with E-state index in [-0.39, 0.29) is 0 Å². The molecule has 2 rings (SSSR count). The average molecular weight is 248 g/mol. The van der Waals surface area contributed by atoms with Crippen LogP contribution in [0.25, 0.3) is 0 Å². The van der Waals surface area contributed by atoms with Gasteiger partial charge in [-0.2, -0.15) is 0 Å². The van der Waals surface area contributed by atoms with Crippen LogP contribution in [0.2, 0.25) is 0 Å². The zero-order valence-corrected chi connectivity index (χ0v) is 11.3. The highest BCUT2D eigenvalue weighted by Crippen LogP contribution is 2.20. The molecule has 1 heterocycles. The largest absolute Gasteiger partial charge is 0.493 e. The van der Waals surface area contributed by atoms with Gasteiger partial charge in [-0.1, -0.05) is 31.5 Å². The molecule has 0 spiro atoms. The van der Waals surface area contributed by atoms with Gasteiger partial charge in [-0.3, -0.25) is 4.90 Å². The van der Waals surface area contributed by atoms with Crippen molar-refractivity contribution in [3.05, 3.63) is 29.8 Å². The molecule has 3 nitrogen and oxygen atoms in total. The summed E-state index contributed by atoms with van der Waals surface area (Å²) in [6.45, 7) is 8.47. The molecule has 0 amide bonds. The molecule has 0 saturated carbocycles. The summed E-state index contributed by atoms with van der Waals surface area (Å²) in [5.41, 5.74) is 1.32. The van der Waals surface area contributed by atoms with Crippen LogP contribution < -0.4 is 10.1 Å². The standard InChI is InChI=1S/C15H24N2O/c1-2-3-12-18-15-7-5-4-6-14(15)13-17-10-8-16-9-11-17/h4-7,16H,2-3,8-13H2,1H3. The van der Waals surface area contributed by atoms with Crippen molar-refractivity contribution in [2.45, 2.75) is 26.3 Å². The van der Waals surface area contributed by atoms with Crippen LogP contribution in [0, 0.1) is 0 Å². The molecule has 0 radical (unpaired) electrons. The van der Waals surface area contributed by atoms with Crippen LogP contribution in [0.3, 0.4) is 0 Å². The van der Waals surface area contributed by atoms with E-state index in [0.29, 0.717) is 0 Å². The average Bonchev–Trinajstić information content (AvgIpc) is 2.42. The number of nitrogens with zero attached hydrogens (tertiary/aromatic N) is 1. The number of para-hydroxylation sites is 1. The van der Waals surface area contributed by atoms with E-state index < -0.39 is 0 Å². The van der Waals surface area contributed by atoms with Gasteiger partial charge in [-0.25, -0.2) is 0 Å². The van der Waals surface area contributed by atoms with Gasteiger partial charge in [-0.05, 0) is 12.5 Å². The molecule has 0 bridgehead atoms. The molecule has 1 aliphatic heterocycles. The van der Waals surface area contributed by atoms with E-state index in [9.17, 15) is 0 Å². The van der Waals surface area contributed by atoms with Crippen molar-refractivity contribution in [1.82, 2.24) is 10.2 Å². The number of benzene rings is 1. The maximum atomic E-state index is 5.88. The van der Waals surface area contributed by atoms with Gasteiger partial charge in [0.2, 0.25) is 0 Å². The summed E-state index contributed by atoms with van der Waals surface area (Å²) < 4.78 is 5.88. The van der Waals surface area contributed by atoms with E-state index >= 15 is 0 Å². The molecule has 3 heteroatoms. The number of rotatable bonds is 6. The number of unbranched alkanes of at least 4 members (excludes halogenated alkanes) is 1. The van der Waals surface area contributed by atoms with Crippen LogP contribution >= 0.6 is 0 Å². The minimum Gasteiger partial charge on any atom is -0.493 e. The van der Waals surface area contributed by atoms with Crippen molar-refractivity contribution < 1.29 is 4.74 Å². The van der Waals surface area contributed by atoms with E-state index in [4.69, 9.17) is 4.74 Å². The highest BCUT2D eigenvalue weighted by atomic mass is 16.5. The van der Waals surface area contributed by atoms with E-state index in [1.807, 2.05) is 0 Å². The number of piperazine rings is 1. The van der Waals surface area contributed by atoms with Gasteiger partial charge < -0.3 is 10.1 Å². The van der Waals surface area contributed by atoms with Gasteiger partial charge in [0, 0.05) is 38.3 Å². The molecule has 100 valence electrons. The first-order valence-corrected chi connectivity index (χ1v) is 7.04. The van der Waals surface area contributed by atoms with Crippen LogP contribution in [0.15, 0.2) is 24.3 Å². The summed E-state index contributed by atoms with van der Waals surface area (Å²) in [7, 11) is 0. The summed E-state index contributed by atoms with van der Waals surface area (Å²) in [6.07, 6.45) is 2.31. The highest BCUT2D eigenvalue weighted by Gasteiger charge is 2.12. The number of hydrogen-bond acceptors (Lipinski definition) is 3. The lowest BCUT2D eigenvalue weighted by Gasteiger charge is -2.27. The summed E-state index contributed by atoms with van der Waals surface area (Å²) >= 11 is 0. The third kappa shape index (κ3) is 4.00. The third-order valence-corrected chi connectivity index (χ3v) is 3.33. The van der Waals surface area contributed by atoms with Crippen LogP contribution in [0.5, 0.6) is 5.75 Å². The van der Waals surface area contributed by atoms with Crippen LogP contribution in [-0.2, 0) is 6.54 Å². The Labute approximate surface area is 110 Å². The maximum Gasteiger partial charge on any atom is 0.123 e. The molecule has 1 saturated heterocycles. The second-order valence-corrected chi connectivity index (χ2v) is 4.84. The maximum absolute atomic E-state index is 5.88. The Balaban J connectivity index is 1.93. The number of nitrogens with one attached hydrogen (secondary N) is 1. The van der Waals surface area contributed by atoms with Crippen molar-refractivity contribution >= 4 is 0 Å². The summed E-state index contributed by atoms with van der Waals surface area (Å²) in [4.78, 5) is 2.48. The monoisotopic (exact) mass is 248 g/mol. The van der Waals surface area contributed by atoms with Crippen LogP contribution in [-0.4, -0.2) is 37.7 Å². The van der Waals surface area contributed by atoms with Crippen molar-refractivity contribution in [1.29, 1.82) is 0 Å². The van der Waals surface area contributed by atoms with Gasteiger partial charge in [-0.15, -0.1) is 0 Å². The molecule has 1 N–H and O–H groups in total.